The van der Waals surface area contributed by atoms with Gasteiger partial charge < -0.3 is 14.2 Å². The number of hydrogen-bond donors (Lipinski definition) is 0. The first-order chi connectivity index (χ1) is 20.5. The van der Waals surface area contributed by atoms with Crippen molar-refractivity contribution < 1.29 is 14.3 Å². The van der Waals surface area contributed by atoms with Gasteiger partial charge in [-0.15, -0.1) is 0 Å². The molecule has 1 unspecified atom stereocenters. The molecule has 0 bridgehead atoms. The first kappa shape index (κ1) is 29.2. The number of rotatable bonds is 12. The third kappa shape index (κ3) is 6.13. The highest BCUT2D eigenvalue weighted by atomic mass is 16.5. The number of carbonyl (C=O) groups is 2. The van der Waals surface area contributed by atoms with Crippen LogP contribution in [-0.2, 0) is 11.2 Å². The summed E-state index contributed by atoms with van der Waals surface area (Å²) in [7, 11) is 1.65. The summed E-state index contributed by atoms with van der Waals surface area (Å²) >= 11 is 0. The molecule has 0 spiro atoms. The largest absolute Gasteiger partial charge is 0.497 e. The summed E-state index contributed by atoms with van der Waals surface area (Å²) in [6, 6.07) is 27.5. The highest BCUT2D eigenvalue weighted by molar-refractivity contribution is 6.02. The molecule has 1 atom stereocenters. The molecule has 1 aromatic heterocycles. The maximum absolute atomic E-state index is 14.4. The fraction of sp³-hybridized carbons (Fsp3) is 0.333. The molecule has 1 aliphatic heterocycles. The molecule has 42 heavy (non-hydrogen) atoms. The minimum Gasteiger partial charge on any atom is -0.497 e. The van der Waals surface area contributed by atoms with E-state index in [-0.39, 0.29) is 24.4 Å². The van der Waals surface area contributed by atoms with Crippen LogP contribution in [0.2, 0.25) is 0 Å². The lowest BCUT2D eigenvalue weighted by Gasteiger charge is -2.39. The van der Waals surface area contributed by atoms with Gasteiger partial charge in [0.15, 0.2) is 0 Å². The Morgan fingerprint density at radius 2 is 1.52 bits per heavy atom. The molecule has 0 N–H and O–H groups in total. The average molecular weight is 564 g/mol. The predicted octanol–water partition coefficient (Wildman–Crippen LogP) is 7.60. The van der Waals surface area contributed by atoms with E-state index in [1.165, 1.54) is 18.4 Å². The Morgan fingerprint density at radius 1 is 0.810 bits per heavy atom. The monoisotopic (exact) mass is 563 g/mol. The predicted molar refractivity (Wildman–Crippen MR) is 169 cm³/mol. The second-order valence-electron chi connectivity index (χ2n) is 11.0. The van der Waals surface area contributed by atoms with Crippen molar-refractivity contribution >= 4 is 17.5 Å². The molecule has 0 radical (unpaired) electrons. The molecule has 218 valence electrons. The number of anilines is 1. The average Bonchev–Trinajstić information content (AvgIpc) is 3.53. The van der Waals surface area contributed by atoms with Crippen molar-refractivity contribution in [1.29, 1.82) is 0 Å². The van der Waals surface area contributed by atoms with Crippen LogP contribution in [0.5, 0.6) is 5.75 Å². The number of hydrogen-bond acceptors (Lipinski definition) is 3. The van der Waals surface area contributed by atoms with E-state index in [0.29, 0.717) is 12.1 Å². The summed E-state index contributed by atoms with van der Waals surface area (Å²) in [5.41, 5.74) is 5.61. The molecule has 0 fully saturated rings. The van der Waals surface area contributed by atoms with Crippen LogP contribution in [0.4, 0.5) is 5.69 Å². The number of nitrogens with zero attached hydrogens (tertiary/aromatic N) is 3. The van der Waals surface area contributed by atoms with Crippen LogP contribution in [0, 0.1) is 0 Å². The smallest absolute Gasteiger partial charge is 0.254 e. The number of para-hydroxylation sites is 2. The number of aromatic nitrogens is 1. The first-order valence-corrected chi connectivity index (χ1v) is 15.2. The van der Waals surface area contributed by atoms with Crippen molar-refractivity contribution in [2.75, 3.05) is 25.1 Å². The third-order valence-electron chi connectivity index (χ3n) is 8.08. The van der Waals surface area contributed by atoms with E-state index in [1.54, 1.807) is 12.0 Å². The van der Waals surface area contributed by atoms with Crippen molar-refractivity contribution in [2.24, 2.45) is 0 Å². The molecular weight excluding hydrogens is 522 g/mol. The quantitative estimate of drug-likeness (QED) is 0.167. The summed E-state index contributed by atoms with van der Waals surface area (Å²) in [4.78, 5) is 31.8. The fourth-order valence-electron chi connectivity index (χ4n) is 5.78. The Hall–Kier alpha value is -4.32. The van der Waals surface area contributed by atoms with Gasteiger partial charge >= 0.3 is 0 Å². The number of carbonyl (C=O) groups excluding carboxylic acids is 2. The van der Waals surface area contributed by atoms with Gasteiger partial charge in [-0.3, -0.25) is 14.5 Å². The number of amides is 2. The Labute approximate surface area is 249 Å². The standard InChI is InChI=1S/C36H41N3O3/c1-4-6-8-12-27-16-18-29(19-17-27)36(41)37(24-7-5-2)26-34(40)39-32-14-10-9-13-31(32)38-25-11-15-33(38)35(39)28-20-22-30(42-3)23-21-28/h9-11,13-23,25,35H,4-8,12,24,26H2,1-3H3. The number of fused-ring (bicyclic) bond motifs is 3. The van der Waals surface area contributed by atoms with E-state index < -0.39 is 0 Å². The normalized spacial score (nSPS) is 13.8. The van der Waals surface area contributed by atoms with Crippen molar-refractivity contribution in [2.45, 2.75) is 58.4 Å². The lowest BCUT2D eigenvalue weighted by molar-refractivity contribution is -0.119. The van der Waals surface area contributed by atoms with Crippen LogP contribution in [0.1, 0.15) is 79.2 Å². The second kappa shape index (κ2) is 13.6. The molecular formula is C36H41N3O3. The third-order valence-corrected chi connectivity index (χ3v) is 8.08. The number of methoxy groups -OCH3 is 1. The van der Waals surface area contributed by atoms with E-state index in [9.17, 15) is 9.59 Å². The van der Waals surface area contributed by atoms with Gasteiger partial charge in [-0.05, 0) is 78.9 Å². The second-order valence-corrected chi connectivity index (χ2v) is 11.0. The van der Waals surface area contributed by atoms with Gasteiger partial charge in [0.2, 0.25) is 5.91 Å². The molecule has 0 saturated heterocycles. The van der Waals surface area contributed by atoms with E-state index in [4.69, 9.17) is 4.74 Å². The maximum atomic E-state index is 14.4. The Bertz CT molecular complexity index is 1490. The highest BCUT2D eigenvalue weighted by Crippen LogP contribution is 2.42. The van der Waals surface area contributed by atoms with Gasteiger partial charge in [0, 0.05) is 18.3 Å². The Morgan fingerprint density at radius 3 is 2.21 bits per heavy atom. The first-order valence-electron chi connectivity index (χ1n) is 15.2. The number of aryl methyl sites for hydroxylation is 1. The van der Waals surface area contributed by atoms with Gasteiger partial charge in [0.1, 0.15) is 18.3 Å². The van der Waals surface area contributed by atoms with Crippen LogP contribution >= 0.6 is 0 Å². The summed E-state index contributed by atoms with van der Waals surface area (Å²) in [6.07, 6.45) is 8.35. The van der Waals surface area contributed by atoms with Crippen molar-refractivity contribution in [1.82, 2.24) is 9.47 Å². The van der Waals surface area contributed by atoms with E-state index >= 15 is 0 Å². The number of ether oxygens (including phenoxy) is 1. The van der Waals surface area contributed by atoms with Crippen molar-refractivity contribution in [3.8, 4) is 11.4 Å². The lowest BCUT2D eigenvalue weighted by atomic mass is 9.97. The molecule has 6 nitrogen and oxygen atoms in total. The molecule has 0 aliphatic carbocycles. The molecule has 1 aliphatic rings. The SMILES string of the molecule is CCCCCc1ccc(C(=O)N(CCCC)CC(=O)N2c3ccccc3-n3cccc3C2c2ccc(OC)cc2)cc1. The van der Waals surface area contributed by atoms with E-state index in [2.05, 4.69) is 36.6 Å². The fourth-order valence-corrected chi connectivity index (χ4v) is 5.78. The molecule has 2 heterocycles. The van der Waals surface area contributed by atoms with Gasteiger partial charge in [0.25, 0.3) is 5.91 Å². The Balaban J connectivity index is 1.46. The Kier molecular flexibility index (Phi) is 9.42. The maximum Gasteiger partial charge on any atom is 0.254 e. The number of unbranched alkanes of at least 4 members (excludes halogenated alkanes) is 3. The molecule has 3 aromatic carbocycles. The van der Waals surface area contributed by atoms with Crippen molar-refractivity contribution in [3.63, 3.8) is 0 Å². The van der Waals surface area contributed by atoms with Gasteiger partial charge in [0.05, 0.1) is 24.2 Å². The molecule has 4 aromatic rings. The van der Waals surface area contributed by atoms with Gasteiger partial charge in [-0.1, -0.05) is 69.5 Å². The van der Waals surface area contributed by atoms with Crippen LogP contribution < -0.4 is 9.64 Å². The molecule has 2 amide bonds. The van der Waals surface area contributed by atoms with Crippen LogP contribution in [0.15, 0.2) is 91.1 Å². The molecule has 6 heteroatoms. The highest BCUT2D eigenvalue weighted by Gasteiger charge is 2.37. The van der Waals surface area contributed by atoms with Gasteiger partial charge in [-0.25, -0.2) is 0 Å². The minimum atomic E-state index is -0.348. The molecule has 0 saturated carbocycles. The topological polar surface area (TPSA) is 54.8 Å². The van der Waals surface area contributed by atoms with E-state index in [1.807, 2.05) is 77.8 Å². The van der Waals surface area contributed by atoms with Crippen LogP contribution in [-0.4, -0.2) is 41.5 Å². The number of benzene rings is 3. The summed E-state index contributed by atoms with van der Waals surface area (Å²) < 4.78 is 7.55. The zero-order chi connectivity index (χ0) is 29.5. The summed E-state index contributed by atoms with van der Waals surface area (Å²) in [6.45, 7) is 4.83. The summed E-state index contributed by atoms with van der Waals surface area (Å²) in [5.74, 6) is 0.541. The lowest BCUT2D eigenvalue weighted by Crippen LogP contribution is -2.47. The van der Waals surface area contributed by atoms with Crippen molar-refractivity contribution in [3.05, 3.63) is 114 Å². The molecule has 5 rings (SSSR count). The zero-order valence-corrected chi connectivity index (χ0v) is 25.0. The van der Waals surface area contributed by atoms with E-state index in [0.717, 1.165) is 54.1 Å². The zero-order valence-electron chi connectivity index (χ0n) is 25.0. The van der Waals surface area contributed by atoms with Crippen LogP contribution in [0.3, 0.4) is 0 Å². The summed E-state index contributed by atoms with van der Waals surface area (Å²) in [5, 5.41) is 0. The van der Waals surface area contributed by atoms with Crippen LogP contribution in [0.25, 0.3) is 5.69 Å². The minimum absolute atomic E-state index is 0.00121. The van der Waals surface area contributed by atoms with Gasteiger partial charge in [-0.2, -0.15) is 0 Å².